The van der Waals surface area contributed by atoms with Crippen LogP contribution in [0.1, 0.15) is 45.1 Å². The van der Waals surface area contributed by atoms with Gasteiger partial charge in [0.15, 0.2) is 0 Å². The van der Waals surface area contributed by atoms with Gasteiger partial charge >= 0.3 is 0 Å². The lowest BCUT2D eigenvalue weighted by molar-refractivity contribution is 0.0608. The molecule has 0 aliphatic carbocycles. The Morgan fingerprint density at radius 2 is 1.91 bits per heavy atom. The summed E-state index contributed by atoms with van der Waals surface area (Å²) in [5.41, 5.74) is 3.36. The van der Waals surface area contributed by atoms with Crippen molar-refractivity contribution in [3.8, 4) is 6.07 Å². The van der Waals surface area contributed by atoms with Crippen LogP contribution >= 0.6 is 0 Å². The molecule has 32 heavy (non-hydrogen) atoms. The fraction of sp³-hybridized carbons (Fsp3) is 0.630. The minimum Gasteiger partial charge on any atom is -0.370 e. The van der Waals surface area contributed by atoms with Gasteiger partial charge in [0, 0.05) is 36.9 Å². The van der Waals surface area contributed by atoms with Crippen LogP contribution in [0.4, 0.5) is 5.69 Å². The van der Waals surface area contributed by atoms with Crippen LogP contribution in [-0.4, -0.2) is 55.7 Å². The smallest absolute Gasteiger partial charge is 0.101 e. The maximum atomic E-state index is 9.51. The van der Waals surface area contributed by atoms with Gasteiger partial charge in [-0.15, -0.1) is 0 Å². The van der Waals surface area contributed by atoms with E-state index >= 15 is 0 Å². The molecule has 0 radical (unpaired) electrons. The third kappa shape index (κ3) is 4.11. The van der Waals surface area contributed by atoms with Crippen molar-refractivity contribution in [1.82, 2.24) is 15.2 Å². The summed E-state index contributed by atoms with van der Waals surface area (Å²) in [5.74, 6) is 2.07. The van der Waals surface area contributed by atoms with Gasteiger partial charge in [-0.2, -0.15) is 5.26 Å². The molecule has 170 valence electrons. The zero-order chi connectivity index (χ0) is 22.1. The largest absolute Gasteiger partial charge is 0.370 e. The average molecular weight is 432 g/mol. The highest BCUT2D eigenvalue weighted by Gasteiger charge is 2.39. The van der Waals surface area contributed by atoms with Crippen molar-refractivity contribution in [1.29, 1.82) is 5.26 Å². The predicted octanol–water partition coefficient (Wildman–Crippen LogP) is 4.28. The van der Waals surface area contributed by atoms with Crippen LogP contribution < -0.4 is 10.2 Å². The van der Waals surface area contributed by atoms with E-state index in [1.807, 2.05) is 12.1 Å². The Hall–Kier alpha value is -2.16. The highest BCUT2D eigenvalue weighted by molar-refractivity contribution is 5.95. The molecule has 3 fully saturated rings. The summed E-state index contributed by atoms with van der Waals surface area (Å²) in [6, 6.07) is 10.5. The summed E-state index contributed by atoms with van der Waals surface area (Å²) < 4.78 is 0. The summed E-state index contributed by atoms with van der Waals surface area (Å²) in [6.45, 7) is 13.2. The molecule has 4 heterocycles. The molecule has 1 aromatic heterocycles. The van der Waals surface area contributed by atoms with Crippen LogP contribution in [0, 0.1) is 34.5 Å². The molecule has 3 aliphatic rings. The normalized spacial score (nSPS) is 26.1. The number of fused-ring (bicyclic) bond motifs is 1. The highest BCUT2D eigenvalue weighted by Crippen LogP contribution is 2.41. The molecule has 5 rings (SSSR count). The number of nitriles is 1. The van der Waals surface area contributed by atoms with Gasteiger partial charge in [-0.05, 0) is 99.3 Å². The van der Waals surface area contributed by atoms with E-state index in [1.165, 1.54) is 64.1 Å². The fourth-order valence-electron chi connectivity index (χ4n) is 6.56. The maximum Gasteiger partial charge on any atom is 0.101 e. The average Bonchev–Trinajstić information content (AvgIpc) is 3.24. The molecule has 0 bridgehead atoms. The first kappa shape index (κ1) is 21.7. The summed E-state index contributed by atoms with van der Waals surface area (Å²) in [4.78, 5) is 9.86. The number of likely N-dealkylation sites (tertiary alicyclic amines) is 1. The number of piperidine rings is 2. The van der Waals surface area contributed by atoms with Gasteiger partial charge in [0.25, 0.3) is 0 Å². The topological polar surface area (TPSA) is 55.2 Å². The molecular weight excluding hydrogens is 394 g/mol. The fourth-order valence-corrected chi connectivity index (χ4v) is 6.56. The molecular formula is C27H37N5. The van der Waals surface area contributed by atoms with E-state index < -0.39 is 0 Å². The molecule has 1 spiro atoms. The van der Waals surface area contributed by atoms with Gasteiger partial charge < -0.3 is 15.1 Å². The van der Waals surface area contributed by atoms with Crippen LogP contribution in [-0.2, 0) is 0 Å². The van der Waals surface area contributed by atoms with Gasteiger partial charge in [0.1, 0.15) is 6.07 Å². The van der Waals surface area contributed by atoms with Gasteiger partial charge in [-0.25, -0.2) is 0 Å². The Bertz CT molecular complexity index is 977. The molecule has 5 heteroatoms. The van der Waals surface area contributed by atoms with Crippen LogP contribution in [0.2, 0.25) is 0 Å². The first-order valence-electron chi connectivity index (χ1n) is 12.5. The quantitative estimate of drug-likeness (QED) is 0.783. The Morgan fingerprint density at radius 3 is 2.62 bits per heavy atom. The monoisotopic (exact) mass is 431 g/mol. The number of hydrogen-bond acceptors (Lipinski definition) is 5. The van der Waals surface area contributed by atoms with Gasteiger partial charge in [-0.1, -0.05) is 13.8 Å². The van der Waals surface area contributed by atoms with Crippen molar-refractivity contribution in [3.05, 3.63) is 36.0 Å². The van der Waals surface area contributed by atoms with Crippen molar-refractivity contribution >= 4 is 16.6 Å². The molecule has 1 aromatic carbocycles. The Labute approximate surface area is 192 Å². The molecule has 3 aliphatic heterocycles. The Balaban J connectivity index is 1.31. The Kier molecular flexibility index (Phi) is 6.09. The number of nitrogens with one attached hydrogen (secondary N) is 1. The molecule has 2 aromatic rings. The van der Waals surface area contributed by atoms with E-state index in [4.69, 9.17) is 0 Å². The highest BCUT2D eigenvalue weighted by atomic mass is 15.2. The maximum absolute atomic E-state index is 9.51. The zero-order valence-corrected chi connectivity index (χ0v) is 19.7. The van der Waals surface area contributed by atoms with E-state index in [2.05, 4.69) is 52.2 Å². The number of pyridine rings is 1. The summed E-state index contributed by atoms with van der Waals surface area (Å²) in [7, 11) is 0. The standard InChI is InChI=1S/C27H37N5/c1-20(2)24-19-32(25-6-5-21(16-28)26-23(25)4-3-11-30-26)18-22(24)17-31-14-9-27(10-15-31)7-12-29-13-8-27/h3-6,11,20,22,24,29H,7-10,12-15,17-19H2,1-2H3. The SMILES string of the molecule is CC(C)C1CN(c2ccc(C#N)c3ncccc23)CC1CN1CCC2(CCNCC2)CC1. The van der Waals surface area contributed by atoms with Gasteiger partial charge in [0.05, 0.1) is 11.1 Å². The lowest BCUT2D eigenvalue weighted by Crippen LogP contribution is -2.47. The third-order valence-corrected chi connectivity index (χ3v) is 8.63. The van der Waals surface area contributed by atoms with Crippen molar-refractivity contribution in [2.24, 2.45) is 23.2 Å². The van der Waals surface area contributed by atoms with E-state index in [0.717, 1.165) is 24.0 Å². The molecule has 5 nitrogen and oxygen atoms in total. The van der Waals surface area contributed by atoms with Crippen molar-refractivity contribution in [2.75, 3.05) is 50.7 Å². The lowest BCUT2D eigenvalue weighted by Gasteiger charge is -2.45. The summed E-state index contributed by atoms with van der Waals surface area (Å²) in [6.07, 6.45) is 7.29. The minimum atomic E-state index is 0.620. The van der Waals surface area contributed by atoms with E-state index in [1.54, 1.807) is 6.20 Å². The number of hydrogen-bond donors (Lipinski definition) is 1. The molecule has 1 N–H and O–H groups in total. The van der Waals surface area contributed by atoms with E-state index in [0.29, 0.717) is 28.7 Å². The van der Waals surface area contributed by atoms with Crippen molar-refractivity contribution in [3.63, 3.8) is 0 Å². The second kappa shape index (κ2) is 9.00. The molecule has 2 atom stereocenters. The predicted molar refractivity (Wildman–Crippen MR) is 131 cm³/mol. The molecule has 0 amide bonds. The first-order valence-corrected chi connectivity index (χ1v) is 12.5. The number of benzene rings is 1. The van der Waals surface area contributed by atoms with Gasteiger partial charge in [-0.3, -0.25) is 4.98 Å². The number of aromatic nitrogens is 1. The lowest BCUT2D eigenvalue weighted by atomic mass is 9.71. The molecule has 2 unspecified atom stereocenters. The summed E-state index contributed by atoms with van der Waals surface area (Å²) in [5, 5.41) is 14.2. The summed E-state index contributed by atoms with van der Waals surface area (Å²) >= 11 is 0. The van der Waals surface area contributed by atoms with Crippen LogP contribution in [0.25, 0.3) is 10.9 Å². The second-order valence-corrected chi connectivity index (χ2v) is 10.8. The van der Waals surface area contributed by atoms with Crippen LogP contribution in [0.5, 0.6) is 0 Å². The third-order valence-electron chi connectivity index (χ3n) is 8.63. The number of nitrogens with zero attached hydrogens (tertiary/aromatic N) is 4. The Morgan fingerprint density at radius 1 is 1.12 bits per heavy atom. The van der Waals surface area contributed by atoms with E-state index in [-0.39, 0.29) is 0 Å². The molecule has 3 saturated heterocycles. The van der Waals surface area contributed by atoms with Crippen LogP contribution in [0.3, 0.4) is 0 Å². The first-order chi connectivity index (χ1) is 15.6. The van der Waals surface area contributed by atoms with Crippen molar-refractivity contribution in [2.45, 2.75) is 39.5 Å². The minimum absolute atomic E-state index is 0.620. The second-order valence-electron chi connectivity index (χ2n) is 10.8. The van der Waals surface area contributed by atoms with Gasteiger partial charge in [0.2, 0.25) is 0 Å². The van der Waals surface area contributed by atoms with Crippen LogP contribution in [0.15, 0.2) is 30.5 Å². The number of rotatable bonds is 4. The number of anilines is 1. The van der Waals surface area contributed by atoms with E-state index in [9.17, 15) is 5.26 Å². The van der Waals surface area contributed by atoms with Crippen molar-refractivity contribution < 1.29 is 0 Å². The zero-order valence-electron chi connectivity index (χ0n) is 19.7. The molecule has 0 saturated carbocycles.